The largest absolute Gasteiger partial charge is 0.468 e. The first-order valence-electron chi connectivity index (χ1n) is 6.80. The van der Waals surface area contributed by atoms with E-state index < -0.39 is 0 Å². The zero-order valence-corrected chi connectivity index (χ0v) is 13.9. The molecule has 0 saturated carbocycles. The molecule has 0 aliphatic rings. The zero-order chi connectivity index (χ0) is 15.4. The lowest BCUT2D eigenvalue weighted by atomic mass is 10.0. The molecule has 21 heavy (non-hydrogen) atoms. The lowest BCUT2D eigenvalue weighted by molar-refractivity contribution is -0.143. The van der Waals surface area contributed by atoms with Gasteiger partial charge in [-0.1, -0.05) is 13.8 Å². The Balaban J connectivity index is 2.11. The standard InChI is InChI=1S/C14H19BrN4O2/c1-9(2)4-11(14(20)21-3)16-5-10-6-18-13-7-17-12(15)8-19(10)13/h6-9,11,16H,4-5H2,1-3H3. The summed E-state index contributed by atoms with van der Waals surface area (Å²) in [5.74, 6) is 0.169. The Kier molecular flexibility index (Phi) is 5.30. The Morgan fingerprint density at radius 3 is 2.86 bits per heavy atom. The first-order valence-corrected chi connectivity index (χ1v) is 7.59. The molecule has 2 rings (SSSR count). The van der Waals surface area contributed by atoms with Crippen LogP contribution in [0.5, 0.6) is 0 Å². The monoisotopic (exact) mass is 354 g/mol. The van der Waals surface area contributed by atoms with Gasteiger partial charge in [-0.05, 0) is 28.3 Å². The van der Waals surface area contributed by atoms with Gasteiger partial charge in [0.1, 0.15) is 10.6 Å². The van der Waals surface area contributed by atoms with Crippen LogP contribution in [0.4, 0.5) is 0 Å². The molecule has 0 amide bonds. The lowest BCUT2D eigenvalue weighted by Gasteiger charge is -2.18. The summed E-state index contributed by atoms with van der Waals surface area (Å²) in [4.78, 5) is 20.2. The van der Waals surface area contributed by atoms with Crippen molar-refractivity contribution >= 4 is 27.5 Å². The summed E-state index contributed by atoms with van der Waals surface area (Å²) in [6.07, 6.45) is 6.06. The molecule has 6 nitrogen and oxygen atoms in total. The van der Waals surface area contributed by atoms with Crippen LogP contribution in [0.25, 0.3) is 5.65 Å². The summed E-state index contributed by atoms with van der Waals surface area (Å²) in [6.45, 7) is 4.69. The number of carbonyl (C=O) groups excluding carboxylic acids is 1. The minimum atomic E-state index is -0.314. The van der Waals surface area contributed by atoms with Gasteiger partial charge in [-0.15, -0.1) is 0 Å². The summed E-state index contributed by atoms with van der Waals surface area (Å²) in [7, 11) is 1.41. The first-order chi connectivity index (χ1) is 10.0. The van der Waals surface area contributed by atoms with Gasteiger partial charge in [-0.3, -0.25) is 14.5 Å². The van der Waals surface area contributed by atoms with E-state index in [0.29, 0.717) is 12.5 Å². The molecule has 0 fully saturated rings. The van der Waals surface area contributed by atoms with Crippen LogP contribution in [-0.4, -0.2) is 33.5 Å². The summed E-state index contributed by atoms with van der Waals surface area (Å²) < 4.78 is 7.52. The Labute approximate surface area is 132 Å². The number of carbonyl (C=O) groups is 1. The van der Waals surface area contributed by atoms with Crippen molar-refractivity contribution in [1.82, 2.24) is 19.7 Å². The van der Waals surface area contributed by atoms with E-state index in [2.05, 4.69) is 45.1 Å². The Hall–Kier alpha value is -1.47. The van der Waals surface area contributed by atoms with Gasteiger partial charge in [0.2, 0.25) is 0 Å². The topological polar surface area (TPSA) is 68.5 Å². The number of nitrogens with zero attached hydrogens (tertiary/aromatic N) is 3. The SMILES string of the molecule is COC(=O)C(CC(C)C)NCc1cnc2cnc(Br)cn12. The van der Waals surface area contributed by atoms with Crippen LogP contribution in [0, 0.1) is 5.92 Å². The fourth-order valence-electron chi connectivity index (χ4n) is 2.15. The van der Waals surface area contributed by atoms with Crippen molar-refractivity contribution in [3.63, 3.8) is 0 Å². The molecule has 0 aromatic carbocycles. The predicted octanol–water partition coefficient (Wildman–Crippen LogP) is 2.17. The first kappa shape index (κ1) is 15.9. The second-order valence-electron chi connectivity index (χ2n) is 5.27. The van der Waals surface area contributed by atoms with E-state index in [1.807, 2.05) is 10.6 Å². The molecular formula is C14H19BrN4O2. The molecule has 0 spiro atoms. The summed E-state index contributed by atoms with van der Waals surface area (Å²) in [6, 6.07) is -0.314. The van der Waals surface area contributed by atoms with Gasteiger partial charge >= 0.3 is 5.97 Å². The zero-order valence-electron chi connectivity index (χ0n) is 12.3. The molecule has 2 aromatic rings. The molecule has 0 saturated heterocycles. The highest BCUT2D eigenvalue weighted by atomic mass is 79.9. The van der Waals surface area contributed by atoms with Crippen molar-refractivity contribution in [2.75, 3.05) is 7.11 Å². The van der Waals surface area contributed by atoms with Gasteiger partial charge < -0.3 is 4.74 Å². The fraction of sp³-hybridized carbons (Fsp3) is 0.500. The maximum Gasteiger partial charge on any atom is 0.322 e. The highest BCUT2D eigenvalue weighted by Gasteiger charge is 2.20. The van der Waals surface area contributed by atoms with E-state index >= 15 is 0 Å². The van der Waals surface area contributed by atoms with E-state index in [1.54, 1.807) is 12.4 Å². The number of esters is 1. The third-order valence-electron chi connectivity index (χ3n) is 3.16. The molecule has 0 bridgehead atoms. The molecule has 2 aromatic heterocycles. The average Bonchev–Trinajstić information content (AvgIpc) is 2.84. The highest BCUT2D eigenvalue weighted by Crippen LogP contribution is 2.12. The smallest absolute Gasteiger partial charge is 0.322 e. The quantitative estimate of drug-likeness (QED) is 0.805. The number of rotatable bonds is 6. The summed E-state index contributed by atoms with van der Waals surface area (Å²) in [5.41, 5.74) is 1.74. The number of nitrogens with one attached hydrogen (secondary N) is 1. The van der Waals surface area contributed by atoms with Gasteiger partial charge in [0.15, 0.2) is 5.65 Å². The molecule has 7 heteroatoms. The van der Waals surface area contributed by atoms with Gasteiger partial charge in [0.05, 0.1) is 25.2 Å². The molecule has 0 radical (unpaired) electrons. The second kappa shape index (κ2) is 7.00. The van der Waals surface area contributed by atoms with Gasteiger partial charge in [-0.2, -0.15) is 0 Å². The van der Waals surface area contributed by atoms with E-state index in [4.69, 9.17) is 4.74 Å². The van der Waals surface area contributed by atoms with Crippen LogP contribution in [0.1, 0.15) is 26.0 Å². The van der Waals surface area contributed by atoms with Crippen molar-refractivity contribution in [2.24, 2.45) is 5.92 Å². The minimum Gasteiger partial charge on any atom is -0.468 e. The molecule has 1 atom stereocenters. The molecule has 1 N–H and O–H groups in total. The minimum absolute atomic E-state index is 0.236. The maximum absolute atomic E-state index is 11.8. The Morgan fingerprint density at radius 1 is 1.43 bits per heavy atom. The Morgan fingerprint density at radius 2 is 2.19 bits per heavy atom. The molecular weight excluding hydrogens is 336 g/mol. The number of aromatic nitrogens is 3. The van der Waals surface area contributed by atoms with E-state index in [1.165, 1.54) is 7.11 Å². The number of ether oxygens (including phenoxy) is 1. The van der Waals surface area contributed by atoms with Crippen LogP contribution >= 0.6 is 15.9 Å². The molecule has 114 valence electrons. The fourth-order valence-corrected chi connectivity index (χ4v) is 2.46. The molecule has 2 heterocycles. The number of hydrogen-bond donors (Lipinski definition) is 1. The van der Waals surface area contributed by atoms with E-state index in [9.17, 15) is 4.79 Å². The van der Waals surface area contributed by atoms with Crippen LogP contribution in [-0.2, 0) is 16.1 Å². The summed E-state index contributed by atoms with van der Waals surface area (Å²) in [5, 5.41) is 3.24. The third-order valence-corrected chi connectivity index (χ3v) is 3.57. The average molecular weight is 355 g/mol. The number of halogens is 1. The number of methoxy groups -OCH3 is 1. The van der Waals surface area contributed by atoms with E-state index in [0.717, 1.165) is 22.4 Å². The summed E-state index contributed by atoms with van der Waals surface area (Å²) >= 11 is 3.34. The maximum atomic E-state index is 11.8. The Bertz CT molecular complexity index is 626. The van der Waals surface area contributed by atoms with Gasteiger partial charge in [0.25, 0.3) is 0 Å². The van der Waals surface area contributed by atoms with Crippen LogP contribution in [0.3, 0.4) is 0 Å². The van der Waals surface area contributed by atoms with Crippen LogP contribution < -0.4 is 5.32 Å². The third kappa shape index (κ3) is 4.01. The van der Waals surface area contributed by atoms with Crippen molar-refractivity contribution in [2.45, 2.75) is 32.9 Å². The molecule has 1 unspecified atom stereocenters. The molecule has 0 aliphatic carbocycles. The van der Waals surface area contributed by atoms with E-state index in [-0.39, 0.29) is 12.0 Å². The van der Waals surface area contributed by atoms with Crippen LogP contribution in [0.2, 0.25) is 0 Å². The van der Waals surface area contributed by atoms with Crippen molar-refractivity contribution in [1.29, 1.82) is 0 Å². The predicted molar refractivity (Wildman–Crippen MR) is 82.8 cm³/mol. The number of imidazole rings is 1. The number of hydrogen-bond acceptors (Lipinski definition) is 5. The lowest BCUT2D eigenvalue weighted by Crippen LogP contribution is -2.38. The van der Waals surface area contributed by atoms with Crippen molar-refractivity contribution in [3.05, 3.63) is 28.9 Å². The second-order valence-corrected chi connectivity index (χ2v) is 6.09. The van der Waals surface area contributed by atoms with Crippen molar-refractivity contribution in [3.8, 4) is 0 Å². The van der Waals surface area contributed by atoms with Gasteiger partial charge in [-0.25, -0.2) is 9.97 Å². The number of fused-ring (bicyclic) bond motifs is 1. The molecule has 0 aliphatic heterocycles. The van der Waals surface area contributed by atoms with Crippen molar-refractivity contribution < 1.29 is 9.53 Å². The normalized spacial score (nSPS) is 12.8. The van der Waals surface area contributed by atoms with Crippen LogP contribution in [0.15, 0.2) is 23.2 Å². The highest BCUT2D eigenvalue weighted by molar-refractivity contribution is 9.10. The van der Waals surface area contributed by atoms with Gasteiger partial charge in [0, 0.05) is 12.7 Å².